The van der Waals surface area contributed by atoms with Gasteiger partial charge in [-0.3, -0.25) is 4.79 Å². The summed E-state index contributed by atoms with van der Waals surface area (Å²) in [6.07, 6.45) is 0.761. The third kappa shape index (κ3) is 2.14. The number of benzene rings is 2. The Morgan fingerprint density at radius 3 is 2.95 bits per heavy atom. The van der Waals surface area contributed by atoms with Gasteiger partial charge in [-0.1, -0.05) is 30.3 Å². The molecule has 0 N–H and O–H groups in total. The first-order chi connectivity index (χ1) is 10.3. The number of carbonyl (C=O) groups is 1. The number of Topliss-reactive ketones (excluding diaryl/α,β-unsaturated/α-hetero) is 1. The Hall–Kier alpha value is -2.13. The normalized spacial score (nSPS) is 17.2. The Morgan fingerprint density at radius 2 is 2.00 bits per heavy atom. The van der Waals surface area contributed by atoms with Gasteiger partial charge in [-0.2, -0.15) is 0 Å². The molecule has 0 amide bonds. The van der Waals surface area contributed by atoms with Crippen molar-refractivity contribution in [2.45, 2.75) is 6.42 Å². The minimum Gasteiger partial charge on any atom is -0.493 e. The van der Waals surface area contributed by atoms with Gasteiger partial charge in [0.15, 0.2) is 5.78 Å². The molecule has 1 aliphatic heterocycles. The summed E-state index contributed by atoms with van der Waals surface area (Å²) in [6.45, 7) is 0.470. The van der Waals surface area contributed by atoms with E-state index < -0.39 is 0 Å². The Morgan fingerprint density at radius 1 is 1.10 bits per heavy atom. The third-order valence-electron chi connectivity index (χ3n) is 3.99. The summed E-state index contributed by atoms with van der Waals surface area (Å²) in [4.78, 5) is 12.8. The van der Waals surface area contributed by atoms with Crippen LogP contribution in [0.25, 0.3) is 10.1 Å². The maximum absolute atomic E-state index is 12.8. The molecule has 2 aromatic carbocycles. The quantitative estimate of drug-likeness (QED) is 0.657. The highest BCUT2D eigenvalue weighted by Crippen LogP contribution is 2.31. The van der Waals surface area contributed by atoms with Gasteiger partial charge in [0.25, 0.3) is 0 Å². The predicted octanol–water partition coefficient (Wildman–Crippen LogP) is 4.34. The summed E-state index contributed by atoms with van der Waals surface area (Å²) in [6, 6.07) is 16.0. The molecule has 3 aromatic rings. The Balaban J connectivity index is 1.69. The fourth-order valence-corrected chi connectivity index (χ4v) is 3.82. The summed E-state index contributed by atoms with van der Waals surface area (Å²) in [7, 11) is 0. The first-order valence-corrected chi connectivity index (χ1v) is 7.92. The SMILES string of the molecule is O=C(c1cccc2ccsc12)C1COc2ccccc2C1. The molecule has 0 saturated heterocycles. The van der Waals surface area contributed by atoms with Crippen LogP contribution in [0.1, 0.15) is 15.9 Å². The van der Waals surface area contributed by atoms with E-state index in [4.69, 9.17) is 4.74 Å². The van der Waals surface area contributed by atoms with E-state index in [1.54, 1.807) is 11.3 Å². The van der Waals surface area contributed by atoms with Crippen molar-refractivity contribution in [1.29, 1.82) is 0 Å². The second-order valence-electron chi connectivity index (χ2n) is 5.33. The van der Waals surface area contributed by atoms with Crippen LogP contribution >= 0.6 is 11.3 Å². The largest absolute Gasteiger partial charge is 0.493 e. The predicted molar refractivity (Wildman–Crippen MR) is 85.3 cm³/mol. The summed E-state index contributed by atoms with van der Waals surface area (Å²) < 4.78 is 6.84. The number of ketones is 1. The molecule has 0 bridgehead atoms. The van der Waals surface area contributed by atoms with E-state index in [1.165, 1.54) is 0 Å². The average molecular weight is 294 g/mol. The van der Waals surface area contributed by atoms with Crippen LogP contribution in [-0.4, -0.2) is 12.4 Å². The highest BCUT2D eigenvalue weighted by atomic mass is 32.1. The van der Waals surface area contributed by atoms with Crippen molar-refractivity contribution in [3.63, 3.8) is 0 Å². The third-order valence-corrected chi connectivity index (χ3v) is 4.96. The van der Waals surface area contributed by atoms with Gasteiger partial charge in [0, 0.05) is 10.3 Å². The Bertz CT molecular complexity index is 819. The highest BCUT2D eigenvalue weighted by Gasteiger charge is 2.27. The summed E-state index contributed by atoms with van der Waals surface area (Å²) in [5.41, 5.74) is 1.95. The molecule has 4 rings (SSSR count). The van der Waals surface area contributed by atoms with E-state index in [9.17, 15) is 4.79 Å². The van der Waals surface area contributed by atoms with Crippen LogP contribution in [-0.2, 0) is 6.42 Å². The zero-order valence-electron chi connectivity index (χ0n) is 11.4. The molecule has 1 unspecified atom stereocenters. The molecule has 1 aliphatic rings. The molecule has 1 aromatic heterocycles. The van der Waals surface area contributed by atoms with Gasteiger partial charge in [0.05, 0.1) is 12.5 Å². The lowest BCUT2D eigenvalue weighted by molar-refractivity contribution is 0.0857. The van der Waals surface area contributed by atoms with Gasteiger partial charge in [-0.15, -0.1) is 11.3 Å². The molecule has 0 fully saturated rings. The minimum atomic E-state index is -0.0902. The molecule has 2 heterocycles. The second kappa shape index (κ2) is 5.01. The molecule has 0 saturated carbocycles. The lowest BCUT2D eigenvalue weighted by atomic mass is 9.89. The van der Waals surface area contributed by atoms with Crippen molar-refractivity contribution >= 4 is 27.2 Å². The lowest BCUT2D eigenvalue weighted by Gasteiger charge is -2.24. The van der Waals surface area contributed by atoms with Crippen LogP contribution in [0.3, 0.4) is 0 Å². The highest BCUT2D eigenvalue weighted by molar-refractivity contribution is 7.17. The fraction of sp³-hybridized carbons (Fsp3) is 0.167. The number of rotatable bonds is 2. The molecular formula is C18H14O2S. The van der Waals surface area contributed by atoms with Crippen LogP contribution in [0.2, 0.25) is 0 Å². The van der Waals surface area contributed by atoms with Crippen molar-refractivity contribution in [3.05, 3.63) is 65.0 Å². The Kier molecular flexibility index (Phi) is 3.00. The van der Waals surface area contributed by atoms with Crippen molar-refractivity contribution in [2.75, 3.05) is 6.61 Å². The molecule has 2 nitrogen and oxygen atoms in total. The van der Waals surface area contributed by atoms with Crippen LogP contribution in [0.15, 0.2) is 53.9 Å². The number of hydrogen-bond donors (Lipinski definition) is 0. The van der Waals surface area contributed by atoms with Crippen LogP contribution in [0.5, 0.6) is 5.75 Å². The number of para-hydroxylation sites is 1. The van der Waals surface area contributed by atoms with Crippen LogP contribution in [0, 0.1) is 5.92 Å². The molecule has 1 atom stereocenters. The smallest absolute Gasteiger partial charge is 0.171 e. The number of thiophene rings is 1. The maximum Gasteiger partial charge on any atom is 0.171 e. The lowest BCUT2D eigenvalue weighted by Crippen LogP contribution is -2.28. The number of carbonyl (C=O) groups excluding carboxylic acids is 1. The summed E-state index contributed by atoms with van der Waals surface area (Å²) in [5, 5.41) is 3.18. The molecule has 0 radical (unpaired) electrons. The van der Waals surface area contributed by atoms with Gasteiger partial charge in [0.1, 0.15) is 5.75 Å². The van der Waals surface area contributed by atoms with Gasteiger partial charge >= 0.3 is 0 Å². The van der Waals surface area contributed by atoms with E-state index in [2.05, 4.69) is 12.1 Å². The van der Waals surface area contributed by atoms with E-state index in [-0.39, 0.29) is 11.7 Å². The number of hydrogen-bond acceptors (Lipinski definition) is 3. The monoisotopic (exact) mass is 294 g/mol. The fourth-order valence-electron chi connectivity index (χ4n) is 2.90. The van der Waals surface area contributed by atoms with Crippen LogP contribution < -0.4 is 4.74 Å². The molecule has 21 heavy (non-hydrogen) atoms. The molecular weight excluding hydrogens is 280 g/mol. The van der Waals surface area contributed by atoms with Gasteiger partial charge in [0.2, 0.25) is 0 Å². The maximum atomic E-state index is 12.8. The van der Waals surface area contributed by atoms with E-state index in [0.29, 0.717) is 6.61 Å². The molecule has 0 aliphatic carbocycles. The van der Waals surface area contributed by atoms with Gasteiger partial charge in [-0.05, 0) is 40.9 Å². The molecule has 3 heteroatoms. The van der Waals surface area contributed by atoms with Gasteiger partial charge in [-0.25, -0.2) is 0 Å². The van der Waals surface area contributed by atoms with E-state index >= 15 is 0 Å². The zero-order chi connectivity index (χ0) is 14.2. The molecule has 104 valence electrons. The van der Waals surface area contributed by atoms with E-state index in [0.717, 1.165) is 33.4 Å². The topological polar surface area (TPSA) is 26.3 Å². The zero-order valence-corrected chi connectivity index (χ0v) is 12.2. The number of fused-ring (bicyclic) bond motifs is 2. The van der Waals surface area contributed by atoms with Crippen molar-refractivity contribution in [3.8, 4) is 5.75 Å². The number of ether oxygens (including phenoxy) is 1. The summed E-state index contributed by atoms with van der Waals surface area (Å²) in [5.74, 6) is 1.01. The van der Waals surface area contributed by atoms with Crippen molar-refractivity contribution < 1.29 is 9.53 Å². The first-order valence-electron chi connectivity index (χ1n) is 7.04. The second-order valence-corrected chi connectivity index (χ2v) is 6.24. The van der Waals surface area contributed by atoms with Crippen molar-refractivity contribution in [2.24, 2.45) is 5.92 Å². The van der Waals surface area contributed by atoms with Gasteiger partial charge < -0.3 is 4.74 Å². The average Bonchev–Trinajstić information content (AvgIpc) is 3.02. The van der Waals surface area contributed by atoms with E-state index in [1.807, 2.05) is 41.8 Å². The van der Waals surface area contributed by atoms with Crippen molar-refractivity contribution in [1.82, 2.24) is 0 Å². The standard InChI is InChI=1S/C18H14O2S/c19-17(15-6-3-5-12-8-9-21-18(12)15)14-10-13-4-1-2-7-16(13)20-11-14/h1-9,14H,10-11H2. The molecule has 0 spiro atoms. The Labute approximate surface area is 127 Å². The summed E-state index contributed by atoms with van der Waals surface area (Å²) >= 11 is 1.63. The first kappa shape index (κ1) is 12.6. The van der Waals surface area contributed by atoms with Crippen LogP contribution in [0.4, 0.5) is 0 Å². The minimum absolute atomic E-state index is 0.0902.